The van der Waals surface area contributed by atoms with Gasteiger partial charge < -0.3 is 15.4 Å². The standard InChI is InChI=1S/C19H21ClN2O3/c1-2-12-21-19(24)22-15-7-5-8-16(13-15)25-18(23)11-10-14-6-3-4-9-17(14)20/h3-9,13H,2,10-12H2,1H3,(H2,21,22,24). The molecule has 132 valence electrons. The van der Waals surface area contributed by atoms with Gasteiger partial charge in [-0.15, -0.1) is 0 Å². The average molecular weight is 361 g/mol. The van der Waals surface area contributed by atoms with E-state index >= 15 is 0 Å². The van der Waals surface area contributed by atoms with Crippen LogP contribution in [0.5, 0.6) is 5.75 Å². The van der Waals surface area contributed by atoms with E-state index in [-0.39, 0.29) is 18.4 Å². The van der Waals surface area contributed by atoms with Crippen LogP contribution >= 0.6 is 11.6 Å². The van der Waals surface area contributed by atoms with Crippen molar-refractivity contribution in [3.63, 3.8) is 0 Å². The molecule has 25 heavy (non-hydrogen) atoms. The largest absolute Gasteiger partial charge is 0.426 e. The third-order valence-corrected chi connectivity index (χ3v) is 3.78. The zero-order valence-electron chi connectivity index (χ0n) is 14.0. The zero-order chi connectivity index (χ0) is 18.1. The van der Waals surface area contributed by atoms with E-state index in [1.165, 1.54) is 0 Å². The number of hydrogen-bond donors (Lipinski definition) is 2. The smallest absolute Gasteiger partial charge is 0.319 e. The summed E-state index contributed by atoms with van der Waals surface area (Å²) in [6, 6.07) is 13.8. The third-order valence-electron chi connectivity index (χ3n) is 3.42. The number of carbonyl (C=O) groups is 2. The molecule has 0 unspecified atom stereocenters. The molecule has 0 aliphatic rings. The number of aryl methyl sites for hydroxylation is 1. The van der Waals surface area contributed by atoms with Gasteiger partial charge in [0.15, 0.2) is 0 Å². The van der Waals surface area contributed by atoms with Crippen molar-refractivity contribution in [2.24, 2.45) is 0 Å². The fourth-order valence-corrected chi connectivity index (χ4v) is 2.40. The van der Waals surface area contributed by atoms with Gasteiger partial charge in [-0.25, -0.2) is 4.79 Å². The van der Waals surface area contributed by atoms with Crippen molar-refractivity contribution in [2.45, 2.75) is 26.2 Å². The van der Waals surface area contributed by atoms with Crippen molar-refractivity contribution in [2.75, 3.05) is 11.9 Å². The summed E-state index contributed by atoms with van der Waals surface area (Å²) in [5.41, 5.74) is 1.47. The van der Waals surface area contributed by atoms with Crippen LogP contribution in [0.3, 0.4) is 0 Å². The van der Waals surface area contributed by atoms with Crippen LogP contribution in [0.4, 0.5) is 10.5 Å². The lowest BCUT2D eigenvalue weighted by Crippen LogP contribution is -2.29. The maximum atomic E-state index is 12.0. The topological polar surface area (TPSA) is 67.4 Å². The molecular weight excluding hydrogens is 340 g/mol. The number of rotatable bonds is 7. The van der Waals surface area contributed by atoms with Crippen LogP contribution in [-0.2, 0) is 11.2 Å². The van der Waals surface area contributed by atoms with E-state index in [1.54, 1.807) is 30.3 Å². The summed E-state index contributed by atoms with van der Waals surface area (Å²) in [6.45, 7) is 2.57. The van der Waals surface area contributed by atoms with E-state index in [4.69, 9.17) is 16.3 Å². The van der Waals surface area contributed by atoms with Crippen molar-refractivity contribution < 1.29 is 14.3 Å². The molecule has 0 aromatic heterocycles. The Morgan fingerprint density at radius 1 is 1.12 bits per heavy atom. The predicted octanol–water partition coefficient (Wildman–Crippen LogP) is 4.41. The van der Waals surface area contributed by atoms with Crippen LogP contribution in [0.25, 0.3) is 0 Å². The quantitative estimate of drug-likeness (QED) is 0.567. The number of amides is 2. The highest BCUT2D eigenvalue weighted by atomic mass is 35.5. The maximum absolute atomic E-state index is 12.0. The van der Waals surface area contributed by atoms with Gasteiger partial charge in [-0.3, -0.25) is 4.79 Å². The van der Waals surface area contributed by atoms with E-state index in [0.717, 1.165) is 12.0 Å². The van der Waals surface area contributed by atoms with E-state index in [1.807, 2.05) is 25.1 Å². The van der Waals surface area contributed by atoms with Gasteiger partial charge in [0, 0.05) is 23.3 Å². The number of ether oxygens (including phenoxy) is 1. The molecule has 0 fully saturated rings. The fourth-order valence-electron chi connectivity index (χ4n) is 2.17. The van der Waals surface area contributed by atoms with Gasteiger partial charge in [-0.1, -0.05) is 42.8 Å². The fraction of sp³-hybridized carbons (Fsp3) is 0.263. The lowest BCUT2D eigenvalue weighted by molar-refractivity contribution is -0.134. The molecule has 0 bridgehead atoms. The van der Waals surface area contributed by atoms with Gasteiger partial charge in [-0.05, 0) is 36.6 Å². The Labute approximate surface area is 152 Å². The summed E-state index contributed by atoms with van der Waals surface area (Å²) in [5.74, 6) is 0.0324. The molecular formula is C19H21ClN2O3. The second-order valence-electron chi connectivity index (χ2n) is 5.47. The first-order valence-electron chi connectivity index (χ1n) is 8.17. The average Bonchev–Trinajstić information content (AvgIpc) is 2.59. The predicted molar refractivity (Wildman–Crippen MR) is 99.2 cm³/mol. The summed E-state index contributed by atoms with van der Waals surface area (Å²) >= 11 is 6.08. The van der Waals surface area contributed by atoms with Gasteiger partial charge in [0.25, 0.3) is 0 Å². The number of urea groups is 1. The lowest BCUT2D eigenvalue weighted by Gasteiger charge is -2.09. The molecule has 2 rings (SSSR count). The number of hydrogen-bond acceptors (Lipinski definition) is 3. The minimum absolute atomic E-state index is 0.221. The highest BCUT2D eigenvalue weighted by molar-refractivity contribution is 6.31. The Morgan fingerprint density at radius 3 is 2.68 bits per heavy atom. The van der Waals surface area contributed by atoms with Crippen molar-refractivity contribution in [3.05, 3.63) is 59.1 Å². The monoisotopic (exact) mass is 360 g/mol. The second-order valence-corrected chi connectivity index (χ2v) is 5.88. The molecule has 0 aliphatic carbocycles. The lowest BCUT2D eigenvalue weighted by atomic mass is 10.1. The molecule has 2 amide bonds. The van der Waals surface area contributed by atoms with Crippen LogP contribution in [-0.4, -0.2) is 18.5 Å². The second kappa shape index (κ2) is 9.69. The van der Waals surface area contributed by atoms with Crippen LogP contribution in [0.1, 0.15) is 25.3 Å². The molecule has 0 spiro atoms. The van der Waals surface area contributed by atoms with Gasteiger partial charge in [0.1, 0.15) is 5.75 Å². The Balaban J connectivity index is 1.87. The molecule has 0 radical (unpaired) electrons. The molecule has 6 heteroatoms. The molecule has 0 aliphatic heterocycles. The Bertz CT molecular complexity index is 734. The van der Waals surface area contributed by atoms with Gasteiger partial charge in [-0.2, -0.15) is 0 Å². The van der Waals surface area contributed by atoms with Crippen molar-refractivity contribution in [1.29, 1.82) is 0 Å². The number of anilines is 1. The minimum Gasteiger partial charge on any atom is -0.426 e. The number of carbonyl (C=O) groups excluding carboxylic acids is 2. The normalized spacial score (nSPS) is 10.2. The first-order chi connectivity index (χ1) is 12.1. The molecule has 2 N–H and O–H groups in total. The minimum atomic E-state index is -0.354. The number of nitrogens with one attached hydrogen (secondary N) is 2. The van der Waals surface area contributed by atoms with Crippen molar-refractivity contribution >= 4 is 29.3 Å². The molecule has 2 aromatic carbocycles. The zero-order valence-corrected chi connectivity index (χ0v) is 14.8. The molecule has 0 heterocycles. The first kappa shape index (κ1) is 18.8. The molecule has 0 atom stereocenters. The Morgan fingerprint density at radius 2 is 1.92 bits per heavy atom. The number of benzene rings is 2. The van der Waals surface area contributed by atoms with Crippen LogP contribution in [0.2, 0.25) is 5.02 Å². The first-order valence-corrected chi connectivity index (χ1v) is 8.55. The van der Waals surface area contributed by atoms with E-state index < -0.39 is 0 Å². The van der Waals surface area contributed by atoms with E-state index in [9.17, 15) is 9.59 Å². The van der Waals surface area contributed by atoms with Gasteiger partial charge >= 0.3 is 12.0 Å². The summed E-state index contributed by atoms with van der Waals surface area (Å²) in [5, 5.41) is 6.05. The SMILES string of the molecule is CCCNC(=O)Nc1cccc(OC(=O)CCc2ccccc2Cl)c1. The number of esters is 1. The van der Waals surface area contributed by atoms with Crippen molar-refractivity contribution in [1.82, 2.24) is 5.32 Å². The van der Waals surface area contributed by atoms with E-state index in [0.29, 0.717) is 29.4 Å². The molecule has 5 nitrogen and oxygen atoms in total. The molecule has 0 saturated carbocycles. The molecule has 2 aromatic rings. The molecule has 0 saturated heterocycles. The van der Waals surface area contributed by atoms with E-state index in [2.05, 4.69) is 10.6 Å². The summed E-state index contributed by atoms with van der Waals surface area (Å²) in [7, 11) is 0. The Kier molecular flexibility index (Phi) is 7.29. The van der Waals surface area contributed by atoms with Crippen LogP contribution in [0.15, 0.2) is 48.5 Å². The summed E-state index contributed by atoms with van der Waals surface area (Å²) < 4.78 is 5.33. The van der Waals surface area contributed by atoms with Crippen LogP contribution < -0.4 is 15.4 Å². The Hall–Kier alpha value is -2.53. The summed E-state index contributed by atoms with van der Waals surface area (Å²) in [4.78, 5) is 23.7. The van der Waals surface area contributed by atoms with Gasteiger partial charge in [0.2, 0.25) is 0 Å². The van der Waals surface area contributed by atoms with Gasteiger partial charge in [0.05, 0.1) is 6.42 Å². The maximum Gasteiger partial charge on any atom is 0.319 e. The summed E-state index contributed by atoms with van der Waals surface area (Å²) in [6.07, 6.45) is 1.59. The highest BCUT2D eigenvalue weighted by Crippen LogP contribution is 2.19. The van der Waals surface area contributed by atoms with Crippen LogP contribution in [0, 0.1) is 0 Å². The highest BCUT2D eigenvalue weighted by Gasteiger charge is 2.08. The third kappa shape index (κ3) is 6.47. The van der Waals surface area contributed by atoms with Crippen molar-refractivity contribution in [3.8, 4) is 5.75 Å². The number of halogens is 1.